The lowest BCUT2D eigenvalue weighted by molar-refractivity contribution is -0.264. The summed E-state index contributed by atoms with van der Waals surface area (Å²) in [6.07, 6.45) is 6.52. The molecule has 4 fully saturated rings. The quantitative estimate of drug-likeness (QED) is 0.410. The number of nitrogens with one attached hydrogen (secondary N) is 1. The number of carboxylic acids is 1. The summed E-state index contributed by atoms with van der Waals surface area (Å²) >= 11 is 0. The van der Waals surface area contributed by atoms with E-state index in [1.54, 1.807) is 0 Å². The van der Waals surface area contributed by atoms with Crippen molar-refractivity contribution in [2.45, 2.75) is 103 Å². The molecule has 0 aromatic heterocycles. The lowest BCUT2D eigenvalue weighted by atomic mass is 9.42. The summed E-state index contributed by atoms with van der Waals surface area (Å²) in [5.41, 5.74) is -1.39. The van der Waals surface area contributed by atoms with E-state index in [-0.39, 0.29) is 29.7 Å². The molecule has 188 valence electrons. The van der Waals surface area contributed by atoms with Crippen LogP contribution in [0.2, 0.25) is 0 Å². The number of carbonyl (C=O) groups is 2. The Morgan fingerprint density at radius 1 is 1.06 bits per heavy atom. The minimum Gasteiger partial charge on any atom is -0.480 e. The lowest BCUT2D eigenvalue weighted by Gasteiger charge is -2.65. The molecule has 0 aromatic carbocycles. The second-order valence-electron chi connectivity index (χ2n) is 12.3. The van der Waals surface area contributed by atoms with Gasteiger partial charge in [-0.25, -0.2) is 0 Å². The highest BCUT2D eigenvalue weighted by Gasteiger charge is 2.67. The predicted octanol–water partition coefficient (Wildman–Crippen LogP) is 2.71. The van der Waals surface area contributed by atoms with Crippen LogP contribution in [0.4, 0.5) is 0 Å². The van der Waals surface area contributed by atoms with Crippen LogP contribution in [0, 0.1) is 40.4 Å². The summed E-state index contributed by atoms with van der Waals surface area (Å²) in [4.78, 5) is 22.7. The molecule has 7 heteroatoms. The Labute approximate surface area is 197 Å². The average molecular weight is 466 g/mol. The lowest BCUT2D eigenvalue weighted by Crippen LogP contribution is -2.68. The molecule has 0 bridgehead atoms. The molecule has 1 unspecified atom stereocenters. The van der Waals surface area contributed by atoms with Gasteiger partial charge in [0.05, 0.1) is 17.8 Å². The second kappa shape index (κ2) is 8.80. The largest absolute Gasteiger partial charge is 0.480 e. The van der Waals surface area contributed by atoms with E-state index in [0.717, 1.165) is 38.5 Å². The van der Waals surface area contributed by atoms with Gasteiger partial charge in [-0.2, -0.15) is 0 Å². The first-order chi connectivity index (χ1) is 15.4. The number of amides is 1. The van der Waals surface area contributed by atoms with Crippen LogP contribution in [0.25, 0.3) is 0 Å². The van der Waals surface area contributed by atoms with Crippen molar-refractivity contribution in [1.82, 2.24) is 5.32 Å². The summed E-state index contributed by atoms with van der Waals surface area (Å²) in [6, 6.07) is 0. The van der Waals surface area contributed by atoms with Gasteiger partial charge in [0, 0.05) is 18.3 Å². The van der Waals surface area contributed by atoms with Crippen LogP contribution in [0.1, 0.15) is 85.0 Å². The van der Waals surface area contributed by atoms with Crippen LogP contribution in [0.3, 0.4) is 0 Å². The third-order valence-electron chi connectivity index (χ3n) is 10.9. The zero-order valence-corrected chi connectivity index (χ0v) is 20.4. The Hall–Kier alpha value is -1.18. The molecular weight excluding hydrogens is 422 g/mol. The van der Waals surface area contributed by atoms with Crippen molar-refractivity contribution in [1.29, 1.82) is 0 Å². The fourth-order valence-corrected chi connectivity index (χ4v) is 9.06. The number of hydrogen-bond donors (Lipinski definition) is 5. The minimum absolute atomic E-state index is 0.165. The van der Waals surface area contributed by atoms with E-state index in [0.29, 0.717) is 48.9 Å². The molecule has 0 radical (unpaired) electrons. The molecule has 4 saturated carbocycles. The highest BCUT2D eigenvalue weighted by Crippen LogP contribution is 2.69. The molecule has 0 heterocycles. The van der Waals surface area contributed by atoms with Crippen LogP contribution in [-0.4, -0.2) is 56.7 Å². The molecule has 4 aliphatic rings. The first-order valence-electron chi connectivity index (χ1n) is 13.0. The van der Waals surface area contributed by atoms with Crippen LogP contribution >= 0.6 is 0 Å². The highest BCUT2D eigenvalue weighted by molar-refractivity contribution is 5.81. The first-order valence-corrected chi connectivity index (χ1v) is 13.0. The molecule has 7 nitrogen and oxygen atoms in total. The van der Waals surface area contributed by atoms with E-state index in [1.807, 2.05) is 0 Å². The third kappa shape index (κ3) is 4.02. The van der Waals surface area contributed by atoms with Crippen molar-refractivity contribution in [3.63, 3.8) is 0 Å². The molecule has 10 atom stereocenters. The van der Waals surface area contributed by atoms with Crippen molar-refractivity contribution in [3.05, 3.63) is 0 Å². The van der Waals surface area contributed by atoms with Gasteiger partial charge in [-0.15, -0.1) is 0 Å². The normalized spacial score (nSPS) is 47.7. The zero-order chi connectivity index (χ0) is 24.2. The second-order valence-corrected chi connectivity index (χ2v) is 12.3. The van der Waals surface area contributed by atoms with E-state index in [1.165, 1.54) is 0 Å². The van der Waals surface area contributed by atoms with Crippen LogP contribution in [0.15, 0.2) is 0 Å². The van der Waals surface area contributed by atoms with E-state index >= 15 is 0 Å². The van der Waals surface area contributed by atoms with Crippen LogP contribution in [-0.2, 0) is 9.59 Å². The maximum Gasteiger partial charge on any atom is 0.322 e. The van der Waals surface area contributed by atoms with Crippen molar-refractivity contribution < 1.29 is 30.0 Å². The van der Waals surface area contributed by atoms with Crippen molar-refractivity contribution in [2.24, 2.45) is 40.4 Å². The van der Waals surface area contributed by atoms with E-state index in [2.05, 4.69) is 26.1 Å². The van der Waals surface area contributed by atoms with E-state index in [4.69, 9.17) is 5.11 Å². The van der Waals surface area contributed by atoms with Gasteiger partial charge >= 0.3 is 5.97 Å². The van der Waals surface area contributed by atoms with Gasteiger partial charge in [0.2, 0.25) is 5.91 Å². The maximum atomic E-state index is 12.0. The fourth-order valence-electron chi connectivity index (χ4n) is 9.06. The van der Waals surface area contributed by atoms with Crippen molar-refractivity contribution >= 4 is 11.9 Å². The third-order valence-corrected chi connectivity index (χ3v) is 10.9. The molecule has 0 aromatic rings. The molecule has 4 aliphatic carbocycles. The SMILES string of the molecule is CC(CCC(=O)NCC(=O)O)[C@H]1CC[C@H]2[C@@H]3C[C@@H](O)[C@@]4(O)C[C@@H](O)CC[C@]4(C)[C@H]3CC[C@]12C. The summed E-state index contributed by atoms with van der Waals surface area (Å²) in [6.45, 7) is 6.47. The van der Waals surface area contributed by atoms with E-state index in [9.17, 15) is 24.9 Å². The van der Waals surface area contributed by atoms with Gasteiger partial charge in [0.1, 0.15) is 6.54 Å². The molecule has 1 amide bonds. The van der Waals surface area contributed by atoms with E-state index < -0.39 is 23.8 Å². The Morgan fingerprint density at radius 2 is 1.79 bits per heavy atom. The number of rotatable bonds is 6. The number of carboxylic acid groups (broad SMARTS) is 1. The average Bonchev–Trinajstić information content (AvgIpc) is 3.10. The topological polar surface area (TPSA) is 127 Å². The highest BCUT2D eigenvalue weighted by atomic mass is 16.4. The summed E-state index contributed by atoms with van der Waals surface area (Å²) < 4.78 is 0. The maximum absolute atomic E-state index is 12.0. The van der Waals surface area contributed by atoms with Crippen molar-refractivity contribution in [3.8, 4) is 0 Å². The van der Waals surface area contributed by atoms with Gasteiger partial charge in [0.15, 0.2) is 0 Å². The van der Waals surface area contributed by atoms with Gasteiger partial charge < -0.3 is 25.7 Å². The minimum atomic E-state index is -1.20. The first kappa shape index (κ1) is 24.9. The molecular formula is C26H43NO6. The number of aliphatic hydroxyl groups is 3. The number of aliphatic carboxylic acids is 1. The Balaban J connectivity index is 1.46. The Bertz CT molecular complexity index is 774. The van der Waals surface area contributed by atoms with Crippen LogP contribution in [0.5, 0.6) is 0 Å². The monoisotopic (exact) mass is 465 g/mol. The van der Waals surface area contributed by atoms with Gasteiger partial charge in [-0.1, -0.05) is 20.8 Å². The fraction of sp³-hybridized carbons (Fsp3) is 0.923. The van der Waals surface area contributed by atoms with Gasteiger partial charge in [-0.05, 0) is 86.4 Å². The van der Waals surface area contributed by atoms with Crippen LogP contribution < -0.4 is 5.32 Å². The molecule has 0 saturated heterocycles. The smallest absolute Gasteiger partial charge is 0.322 e. The standard InChI is InChI=1S/C26H43NO6/c1-15(4-7-22(30)27-14-23(31)32)18-5-6-19-17-12-21(29)26(33)13-16(28)8-11-25(26,3)20(17)9-10-24(18,19)2/h15-21,28-29,33H,4-14H2,1-3H3,(H,27,30)(H,31,32)/t15?,16-,17-,18+,19-,20-,21+,24+,25+,26-/m0/s1. The summed E-state index contributed by atoms with van der Waals surface area (Å²) in [5.74, 6) is 0.916. The van der Waals surface area contributed by atoms with Crippen molar-refractivity contribution in [2.75, 3.05) is 6.54 Å². The predicted molar refractivity (Wildman–Crippen MR) is 123 cm³/mol. The Morgan fingerprint density at radius 3 is 2.48 bits per heavy atom. The summed E-state index contributed by atoms with van der Waals surface area (Å²) in [5, 5.41) is 44.2. The van der Waals surface area contributed by atoms with Gasteiger partial charge in [-0.3, -0.25) is 9.59 Å². The Kier molecular flexibility index (Phi) is 6.64. The molecule has 33 heavy (non-hydrogen) atoms. The number of carbonyl (C=O) groups excluding carboxylic acids is 1. The molecule has 0 aliphatic heterocycles. The number of hydrogen-bond acceptors (Lipinski definition) is 5. The van der Waals surface area contributed by atoms with Gasteiger partial charge in [0.25, 0.3) is 0 Å². The number of fused-ring (bicyclic) bond motifs is 5. The number of aliphatic hydroxyl groups excluding tert-OH is 2. The summed E-state index contributed by atoms with van der Waals surface area (Å²) in [7, 11) is 0. The zero-order valence-electron chi connectivity index (χ0n) is 20.4. The molecule has 4 rings (SSSR count). The molecule has 0 spiro atoms. The molecule has 5 N–H and O–H groups in total.